The number of hydrogen-bond acceptors (Lipinski definition) is 0. The van der Waals surface area contributed by atoms with Gasteiger partial charge in [0.15, 0.2) is 0 Å². The molecule has 2 heteroatoms. The Balaban J connectivity index is 3.29. The minimum Gasteiger partial charge on any atom is -0.251 e. The lowest BCUT2D eigenvalue weighted by molar-refractivity contribution is 0.464. The molecule has 0 saturated heterocycles. The van der Waals surface area contributed by atoms with Crippen LogP contribution in [0.15, 0.2) is 0 Å². The van der Waals surface area contributed by atoms with Crippen LogP contribution in [0.5, 0.6) is 0 Å². The second kappa shape index (κ2) is 12.0. The number of halogens is 2. The molecule has 0 heterocycles. The summed E-state index contributed by atoms with van der Waals surface area (Å²) in [4.78, 5) is 0. The van der Waals surface area contributed by atoms with Crippen LogP contribution in [0.2, 0.25) is 0 Å². The van der Waals surface area contributed by atoms with E-state index in [1.165, 1.54) is 0 Å². The van der Waals surface area contributed by atoms with Crippen molar-refractivity contribution in [3.63, 3.8) is 0 Å². The van der Waals surface area contributed by atoms with E-state index >= 15 is 0 Å². The SMILES string of the molecule is FCCCCC#CC#CCCCCF. The van der Waals surface area contributed by atoms with Crippen molar-refractivity contribution in [2.45, 2.75) is 38.5 Å². The van der Waals surface area contributed by atoms with Crippen LogP contribution in [0.25, 0.3) is 0 Å². The van der Waals surface area contributed by atoms with Crippen LogP contribution >= 0.6 is 0 Å². The summed E-state index contributed by atoms with van der Waals surface area (Å²) in [6, 6.07) is 0. The first-order valence-corrected chi connectivity index (χ1v) is 4.99. The predicted molar refractivity (Wildman–Crippen MR) is 55.2 cm³/mol. The van der Waals surface area contributed by atoms with Crippen LogP contribution in [0.1, 0.15) is 38.5 Å². The highest BCUT2D eigenvalue weighted by molar-refractivity contribution is 5.25. The summed E-state index contributed by atoms with van der Waals surface area (Å²) in [7, 11) is 0. The van der Waals surface area contributed by atoms with Gasteiger partial charge in [-0.05, 0) is 37.5 Å². The fraction of sp³-hybridized carbons (Fsp3) is 0.667. The van der Waals surface area contributed by atoms with Crippen LogP contribution in [-0.4, -0.2) is 13.3 Å². The smallest absolute Gasteiger partial charge is 0.0894 e. The topological polar surface area (TPSA) is 0 Å². The monoisotopic (exact) mass is 198 g/mol. The molecule has 0 atom stereocenters. The zero-order valence-corrected chi connectivity index (χ0v) is 8.41. The van der Waals surface area contributed by atoms with Gasteiger partial charge in [-0.1, -0.05) is 11.8 Å². The maximum atomic E-state index is 11.6. The van der Waals surface area contributed by atoms with Crippen molar-refractivity contribution >= 4 is 0 Å². The molecule has 0 spiro atoms. The number of rotatable bonds is 6. The Hall–Kier alpha value is -1.02. The van der Waals surface area contributed by atoms with E-state index in [1.54, 1.807) is 0 Å². The van der Waals surface area contributed by atoms with Gasteiger partial charge in [-0.15, -0.1) is 0 Å². The molecule has 0 rings (SSSR count). The van der Waals surface area contributed by atoms with E-state index in [4.69, 9.17) is 0 Å². The fourth-order valence-electron chi connectivity index (χ4n) is 0.829. The van der Waals surface area contributed by atoms with E-state index in [-0.39, 0.29) is 13.3 Å². The molecule has 14 heavy (non-hydrogen) atoms. The molecule has 0 aliphatic rings. The third kappa shape index (κ3) is 11.0. The number of alkyl halides is 2. The van der Waals surface area contributed by atoms with Crippen molar-refractivity contribution in [2.24, 2.45) is 0 Å². The van der Waals surface area contributed by atoms with Crippen molar-refractivity contribution in [3.8, 4) is 23.7 Å². The lowest BCUT2D eigenvalue weighted by Gasteiger charge is -1.85. The molecule has 0 aromatic rings. The van der Waals surface area contributed by atoms with E-state index < -0.39 is 0 Å². The maximum Gasteiger partial charge on any atom is 0.0894 e. The quantitative estimate of drug-likeness (QED) is 0.454. The van der Waals surface area contributed by atoms with E-state index in [0.29, 0.717) is 25.7 Å². The Morgan fingerprint density at radius 2 is 1.07 bits per heavy atom. The molecule has 0 unspecified atom stereocenters. The van der Waals surface area contributed by atoms with Gasteiger partial charge in [0.1, 0.15) is 0 Å². The molecule has 0 aromatic heterocycles. The Morgan fingerprint density at radius 1 is 0.643 bits per heavy atom. The Bertz CT molecular complexity index is 198. The molecular formula is C12H16F2. The van der Waals surface area contributed by atoms with Gasteiger partial charge in [0.05, 0.1) is 13.3 Å². The van der Waals surface area contributed by atoms with Gasteiger partial charge in [0, 0.05) is 12.8 Å². The minimum atomic E-state index is -0.267. The number of hydrogen-bond donors (Lipinski definition) is 0. The summed E-state index contributed by atoms with van der Waals surface area (Å²) in [5.41, 5.74) is 0. The third-order valence-electron chi connectivity index (χ3n) is 1.61. The highest BCUT2D eigenvalue weighted by atomic mass is 19.1. The summed E-state index contributed by atoms with van der Waals surface area (Å²) >= 11 is 0. The lowest BCUT2D eigenvalue weighted by atomic mass is 10.2. The Morgan fingerprint density at radius 3 is 1.43 bits per heavy atom. The first-order valence-electron chi connectivity index (χ1n) is 4.99. The average Bonchev–Trinajstić information content (AvgIpc) is 2.21. The first kappa shape index (κ1) is 13.0. The predicted octanol–water partition coefficient (Wildman–Crippen LogP) is 3.27. The summed E-state index contributed by atoms with van der Waals surface area (Å²) in [5, 5.41) is 0. The maximum absolute atomic E-state index is 11.6. The molecule has 0 aliphatic heterocycles. The molecule has 0 aromatic carbocycles. The number of unbranched alkanes of at least 4 members (excludes halogenated alkanes) is 4. The van der Waals surface area contributed by atoms with E-state index in [9.17, 15) is 8.78 Å². The van der Waals surface area contributed by atoms with Gasteiger partial charge in [0.25, 0.3) is 0 Å². The molecule has 0 nitrogen and oxygen atoms in total. The van der Waals surface area contributed by atoms with Crippen molar-refractivity contribution in [1.82, 2.24) is 0 Å². The van der Waals surface area contributed by atoms with Crippen LogP contribution in [0, 0.1) is 23.7 Å². The molecule has 0 aliphatic carbocycles. The molecule has 0 radical (unpaired) electrons. The van der Waals surface area contributed by atoms with Gasteiger partial charge in [-0.3, -0.25) is 8.78 Å². The second-order valence-corrected chi connectivity index (χ2v) is 2.90. The van der Waals surface area contributed by atoms with Crippen molar-refractivity contribution < 1.29 is 8.78 Å². The van der Waals surface area contributed by atoms with E-state index in [0.717, 1.165) is 12.8 Å². The second-order valence-electron chi connectivity index (χ2n) is 2.90. The van der Waals surface area contributed by atoms with Gasteiger partial charge in [-0.25, -0.2) is 0 Å². The van der Waals surface area contributed by atoms with Gasteiger partial charge in [-0.2, -0.15) is 0 Å². The van der Waals surface area contributed by atoms with Crippen molar-refractivity contribution in [3.05, 3.63) is 0 Å². The summed E-state index contributed by atoms with van der Waals surface area (Å²) < 4.78 is 23.3. The van der Waals surface area contributed by atoms with Crippen LogP contribution in [0.3, 0.4) is 0 Å². The average molecular weight is 198 g/mol. The third-order valence-corrected chi connectivity index (χ3v) is 1.61. The first-order chi connectivity index (χ1) is 6.91. The Labute approximate surface area is 85.1 Å². The summed E-state index contributed by atoms with van der Waals surface area (Å²) in [6.07, 6.45) is 4.18. The van der Waals surface area contributed by atoms with E-state index in [2.05, 4.69) is 23.7 Å². The molecular weight excluding hydrogens is 182 g/mol. The van der Waals surface area contributed by atoms with Gasteiger partial charge in [0.2, 0.25) is 0 Å². The highest BCUT2D eigenvalue weighted by Gasteiger charge is 1.82. The highest BCUT2D eigenvalue weighted by Crippen LogP contribution is 1.94. The van der Waals surface area contributed by atoms with Crippen LogP contribution in [0.4, 0.5) is 8.78 Å². The minimum absolute atomic E-state index is 0.267. The largest absolute Gasteiger partial charge is 0.251 e. The normalized spacial score (nSPS) is 8.43. The van der Waals surface area contributed by atoms with Crippen LogP contribution in [-0.2, 0) is 0 Å². The zero-order chi connectivity index (χ0) is 10.5. The lowest BCUT2D eigenvalue weighted by Crippen LogP contribution is -1.75. The fourth-order valence-corrected chi connectivity index (χ4v) is 0.829. The van der Waals surface area contributed by atoms with Crippen molar-refractivity contribution in [1.29, 1.82) is 0 Å². The Kier molecular flexibility index (Phi) is 11.1. The summed E-state index contributed by atoms with van der Waals surface area (Å²) in [6.45, 7) is -0.535. The molecule has 0 amide bonds. The van der Waals surface area contributed by atoms with E-state index in [1.807, 2.05) is 0 Å². The molecule has 78 valence electrons. The molecule has 0 saturated carbocycles. The molecule has 0 N–H and O–H groups in total. The van der Waals surface area contributed by atoms with Crippen LogP contribution < -0.4 is 0 Å². The van der Waals surface area contributed by atoms with Gasteiger partial charge >= 0.3 is 0 Å². The van der Waals surface area contributed by atoms with Crippen molar-refractivity contribution in [2.75, 3.05) is 13.3 Å². The zero-order valence-electron chi connectivity index (χ0n) is 8.41. The molecule has 0 bridgehead atoms. The standard InChI is InChI=1S/C12H16F2/c13-11-9-7-5-3-1-2-4-6-8-10-12-14/h5-12H2. The summed E-state index contributed by atoms with van der Waals surface area (Å²) in [5.74, 6) is 11.1. The molecule has 0 fully saturated rings. The van der Waals surface area contributed by atoms with Gasteiger partial charge < -0.3 is 0 Å².